The lowest BCUT2D eigenvalue weighted by Gasteiger charge is -2.06. The van der Waals surface area contributed by atoms with Crippen molar-refractivity contribution in [2.75, 3.05) is 6.61 Å². The maximum Gasteiger partial charge on any atom is 0.162 e. The van der Waals surface area contributed by atoms with Crippen LogP contribution in [0, 0.1) is 0 Å². The highest BCUT2D eigenvalue weighted by molar-refractivity contribution is 6.33. The summed E-state index contributed by atoms with van der Waals surface area (Å²) in [6.07, 6.45) is 2.17. The van der Waals surface area contributed by atoms with E-state index in [0.717, 1.165) is 30.8 Å². The van der Waals surface area contributed by atoms with Gasteiger partial charge in [-0.1, -0.05) is 36.5 Å². The number of hydrogen-bond acceptors (Lipinski definition) is 3. The van der Waals surface area contributed by atoms with Gasteiger partial charge in [0.05, 0.1) is 6.61 Å². The smallest absolute Gasteiger partial charge is 0.162 e. The van der Waals surface area contributed by atoms with Crippen LogP contribution >= 0.6 is 23.2 Å². The Morgan fingerprint density at radius 3 is 2.26 bits per heavy atom. The molecule has 0 aliphatic rings. The highest BCUT2D eigenvalue weighted by Crippen LogP contribution is 2.22. The third kappa shape index (κ3) is 4.08. The second-order valence-corrected chi connectivity index (χ2v) is 4.84. The summed E-state index contributed by atoms with van der Waals surface area (Å²) in [7, 11) is 0. The molecule has 0 unspecified atom stereocenters. The second-order valence-electron chi connectivity index (χ2n) is 4.06. The summed E-state index contributed by atoms with van der Waals surface area (Å²) in [5.74, 6) is 1.35. The van der Waals surface area contributed by atoms with Crippen LogP contribution in [0.3, 0.4) is 0 Å². The summed E-state index contributed by atoms with van der Waals surface area (Å²) < 4.78 is 5.59. The van der Waals surface area contributed by atoms with Crippen LogP contribution in [0.4, 0.5) is 0 Å². The Morgan fingerprint density at radius 1 is 1.05 bits per heavy atom. The fourth-order valence-electron chi connectivity index (χ4n) is 1.55. The van der Waals surface area contributed by atoms with Gasteiger partial charge in [0, 0.05) is 11.6 Å². The number of nitrogens with zero attached hydrogens (tertiary/aromatic N) is 2. The minimum atomic E-state index is 0.332. The van der Waals surface area contributed by atoms with Gasteiger partial charge < -0.3 is 4.74 Å². The molecule has 0 N–H and O–H groups in total. The van der Waals surface area contributed by atoms with E-state index in [1.165, 1.54) is 6.07 Å². The molecule has 0 saturated heterocycles. The van der Waals surface area contributed by atoms with Crippen LogP contribution in [0.25, 0.3) is 11.4 Å². The van der Waals surface area contributed by atoms with Gasteiger partial charge in [-0.3, -0.25) is 0 Å². The van der Waals surface area contributed by atoms with Gasteiger partial charge in [-0.15, -0.1) is 0 Å². The Labute approximate surface area is 122 Å². The fourth-order valence-corrected chi connectivity index (χ4v) is 1.98. The van der Waals surface area contributed by atoms with Crippen molar-refractivity contribution in [3.05, 3.63) is 40.6 Å². The van der Waals surface area contributed by atoms with Gasteiger partial charge in [0.2, 0.25) is 0 Å². The summed E-state index contributed by atoms with van der Waals surface area (Å²) >= 11 is 11.7. The number of benzene rings is 1. The monoisotopic (exact) mass is 296 g/mol. The van der Waals surface area contributed by atoms with Gasteiger partial charge >= 0.3 is 0 Å². The molecular weight excluding hydrogens is 283 g/mol. The van der Waals surface area contributed by atoms with E-state index < -0.39 is 0 Å². The summed E-state index contributed by atoms with van der Waals surface area (Å²) in [5.41, 5.74) is 0.854. The van der Waals surface area contributed by atoms with Crippen LogP contribution < -0.4 is 4.74 Å². The summed E-state index contributed by atoms with van der Waals surface area (Å²) in [5, 5.41) is 0.663. The lowest BCUT2D eigenvalue weighted by atomic mass is 10.2. The van der Waals surface area contributed by atoms with E-state index in [2.05, 4.69) is 16.9 Å². The van der Waals surface area contributed by atoms with Crippen molar-refractivity contribution in [2.24, 2.45) is 0 Å². The third-order valence-electron chi connectivity index (χ3n) is 2.54. The summed E-state index contributed by atoms with van der Waals surface area (Å²) in [6, 6.07) is 9.08. The predicted octanol–water partition coefficient (Wildman–Crippen LogP) is 4.63. The standard InChI is InChI=1S/C14H14Cl2N2O/c1-2-3-8-19-11-6-4-10(5-7-11)14-17-12(15)9-13(16)18-14/h4-7,9H,2-3,8H2,1H3. The molecular formula is C14H14Cl2N2O. The van der Waals surface area contributed by atoms with Crippen LogP contribution in [0.15, 0.2) is 30.3 Å². The van der Waals surface area contributed by atoms with Crippen molar-refractivity contribution in [2.45, 2.75) is 19.8 Å². The van der Waals surface area contributed by atoms with E-state index in [-0.39, 0.29) is 0 Å². The normalized spacial score (nSPS) is 10.5. The van der Waals surface area contributed by atoms with Gasteiger partial charge in [-0.05, 0) is 30.7 Å². The van der Waals surface area contributed by atoms with Gasteiger partial charge in [-0.2, -0.15) is 0 Å². The summed E-state index contributed by atoms with van der Waals surface area (Å²) in [6.45, 7) is 2.86. The molecule has 0 radical (unpaired) electrons. The average molecular weight is 297 g/mol. The van der Waals surface area contributed by atoms with Crippen LogP contribution in [-0.2, 0) is 0 Å². The first-order chi connectivity index (χ1) is 9.19. The van der Waals surface area contributed by atoms with Gasteiger partial charge in [0.1, 0.15) is 16.1 Å². The molecule has 0 saturated carbocycles. The molecule has 0 spiro atoms. The molecule has 0 atom stereocenters. The zero-order valence-corrected chi connectivity index (χ0v) is 12.1. The topological polar surface area (TPSA) is 35.0 Å². The first-order valence-corrected chi connectivity index (χ1v) is 6.88. The zero-order chi connectivity index (χ0) is 13.7. The number of aromatic nitrogens is 2. The first-order valence-electron chi connectivity index (χ1n) is 6.12. The van der Waals surface area contributed by atoms with Gasteiger partial charge in [0.25, 0.3) is 0 Å². The molecule has 100 valence electrons. The van der Waals surface area contributed by atoms with Crippen molar-refractivity contribution < 1.29 is 4.74 Å². The fraction of sp³-hybridized carbons (Fsp3) is 0.286. The minimum absolute atomic E-state index is 0.332. The van der Waals surface area contributed by atoms with Crippen molar-refractivity contribution in [1.29, 1.82) is 0 Å². The van der Waals surface area contributed by atoms with E-state index >= 15 is 0 Å². The molecule has 0 bridgehead atoms. The van der Waals surface area contributed by atoms with E-state index in [4.69, 9.17) is 27.9 Å². The molecule has 0 fully saturated rings. The highest BCUT2D eigenvalue weighted by Gasteiger charge is 2.05. The van der Waals surface area contributed by atoms with E-state index in [1.54, 1.807) is 0 Å². The van der Waals surface area contributed by atoms with Crippen LogP contribution in [-0.4, -0.2) is 16.6 Å². The highest BCUT2D eigenvalue weighted by atomic mass is 35.5. The summed E-state index contributed by atoms with van der Waals surface area (Å²) in [4.78, 5) is 8.28. The zero-order valence-electron chi connectivity index (χ0n) is 10.6. The maximum absolute atomic E-state index is 5.86. The predicted molar refractivity (Wildman–Crippen MR) is 77.9 cm³/mol. The SMILES string of the molecule is CCCCOc1ccc(-c2nc(Cl)cc(Cl)n2)cc1. The van der Waals surface area contributed by atoms with E-state index in [9.17, 15) is 0 Å². The number of unbranched alkanes of at least 4 members (excludes halogenated alkanes) is 1. The number of halogens is 2. The molecule has 0 aliphatic heterocycles. The van der Waals surface area contributed by atoms with Gasteiger partial charge in [-0.25, -0.2) is 9.97 Å². The first kappa shape index (κ1) is 14.1. The Hall–Kier alpha value is -1.32. The van der Waals surface area contributed by atoms with Crippen molar-refractivity contribution in [1.82, 2.24) is 9.97 Å². The molecule has 0 aliphatic carbocycles. The lowest BCUT2D eigenvalue weighted by molar-refractivity contribution is 0.309. The van der Waals surface area contributed by atoms with Crippen molar-refractivity contribution in [3.8, 4) is 17.1 Å². The lowest BCUT2D eigenvalue weighted by Crippen LogP contribution is -1.96. The van der Waals surface area contributed by atoms with E-state index in [0.29, 0.717) is 16.1 Å². The van der Waals surface area contributed by atoms with Crippen LogP contribution in [0.2, 0.25) is 10.3 Å². The quantitative estimate of drug-likeness (QED) is 0.596. The average Bonchev–Trinajstić information content (AvgIpc) is 2.39. The second kappa shape index (κ2) is 6.73. The maximum atomic E-state index is 5.86. The molecule has 1 aromatic heterocycles. The molecule has 5 heteroatoms. The Balaban J connectivity index is 2.13. The number of ether oxygens (including phenoxy) is 1. The Bertz CT molecular complexity index is 523. The molecule has 2 rings (SSSR count). The van der Waals surface area contributed by atoms with Gasteiger partial charge in [0.15, 0.2) is 5.82 Å². The number of rotatable bonds is 5. The third-order valence-corrected chi connectivity index (χ3v) is 2.93. The van der Waals surface area contributed by atoms with Crippen LogP contribution in [0.1, 0.15) is 19.8 Å². The van der Waals surface area contributed by atoms with Crippen LogP contribution in [0.5, 0.6) is 5.75 Å². The Morgan fingerprint density at radius 2 is 1.68 bits per heavy atom. The molecule has 19 heavy (non-hydrogen) atoms. The molecule has 1 heterocycles. The molecule has 0 amide bonds. The Kier molecular flexibility index (Phi) is 5.00. The minimum Gasteiger partial charge on any atom is -0.494 e. The number of hydrogen-bond donors (Lipinski definition) is 0. The van der Waals surface area contributed by atoms with Crippen molar-refractivity contribution >= 4 is 23.2 Å². The largest absolute Gasteiger partial charge is 0.494 e. The molecule has 3 nitrogen and oxygen atoms in total. The molecule has 1 aromatic carbocycles. The molecule has 2 aromatic rings. The van der Waals surface area contributed by atoms with Crippen molar-refractivity contribution in [3.63, 3.8) is 0 Å². The van der Waals surface area contributed by atoms with E-state index in [1.807, 2.05) is 24.3 Å².